The summed E-state index contributed by atoms with van der Waals surface area (Å²) in [6, 6.07) is 0. The first-order valence-electron chi connectivity index (χ1n) is 6.97. The van der Waals surface area contributed by atoms with Crippen molar-refractivity contribution in [3.63, 3.8) is 0 Å². The maximum absolute atomic E-state index is 5.76. The van der Waals surface area contributed by atoms with E-state index >= 15 is 0 Å². The van der Waals surface area contributed by atoms with Gasteiger partial charge in [0.2, 0.25) is 0 Å². The number of hydrogen-bond donors (Lipinski definition) is 1. The van der Waals surface area contributed by atoms with Crippen LogP contribution in [0.3, 0.4) is 0 Å². The van der Waals surface area contributed by atoms with Crippen molar-refractivity contribution in [3.8, 4) is 0 Å². The largest absolute Gasteiger partial charge is 0.377 e. The van der Waals surface area contributed by atoms with Gasteiger partial charge in [0.1, 0.15) is 0 Å². The van der Waals surface area contributed by atoms with Crippen LogP contribution < -0.4 is 5.32 Å². The van der Waals surface area contributed by atoms with Gasteiger partial charge < -0.3 is 10.1 Å². The summed E-state index contributed by atoms with van der Waals surface area (Å²) in [5.74, 6) is 0.798. The molecule has 1 fully saturated rings. The standard InChI is InChI=1S/C15H29NO/c1-13(10-16-15(2,3)4)11-17-12-14-8-6-5-7-9-14/h14,16H,1,5-12H2,2-4H3. The van der Waals surface area contributed by atoms with Gasteiger partial charge in [0.15, 0.2) is 0 Å². The van der Waals surface area contributed by atoms with Crippen LogP contribution in [0.2, 0.25) is 0 Å². The lowest BCUT2D eigenvalue weighted by Crippen LogP contribution is -2.37. The lowest BCUT2D eigenvalue weighted by Gasteiger charge is -2.23. The van der Waals surface area contributed by atoms with E-state index in [2.05, 4.69) is 32.7 Å². The summed E-state index contributed by atoms with van der Waals surface area (Å²) < 4.78 is 5.76. The molecule has 1 N–H and O–H groups in total. The summed E-state index contributed by atoms with van der Waals surface area (Å²) in [5.41, 5.74) is 1.31. The van der Waals surface area contributed by atoms with Crippen molar-refractivity contribution in [1.82, 2.24) is 5.32 Å². The van der Waals surface area contributed by atoms with E-state index in [0.717, 1.165) is 24.6 Å². The first-order chi connectivity index (χ1) is 7.97. The molecule has 0 unspecified atom stereocenters. The number of rotatable bonds is 6. The first-order valence-corrected chi connectivity index (χ1v) is 6.97. The van der Waals surface area contributed by atoms with Crippen molar-refractivity contribution in [2.75, 3.05) is 19.8 Å². The minimum Gasteiger partial charge on any atom is -0.377 e. The molecule has 17 heavy (non-hydrogen) atoms. The molecule has 100 valence electrons. The molecule has 0 heterocycles. The molecule has 1 aliphatic carbocycles. The Hall–Kier alpha value is -0.340. The molecule has 0 aromatic heterocycles. The fraction of sp³-hybridized carbons (Fsp3) is 0.867. The third-order valence-electron chi connectivity index (χ3n) is 3.25. The molecule has 1 saturated carbocycles. The highest BCUT2D eigenvalue weighted by Gasteiger charge is 2.13. The summed E-state index contributed by atoms with van der Waals surface area (Å²) in [6.45, 7) is 13.1. The van der Waals surface area contributed by atoms with Crippen molar-refractivity contribution in [2.24, 2.45) is 5.92 Å². The Bertz CT molecular complexity index is 224. The predicted octanol–water partition coefficient (Wildman–Crippen LogP) is 3.53. The highest BCUT2D eigenvalue weighted by molar-refractivity contribution is 4.98. The van der Waals surface area contributed by atoms with E-state index in [1.807, 2.05) is 0 Å². The van der Waals surface area contributed by atoms with Gasteiger partial charge in [0.05, 0.1) is 6.61 Å². The van der Waals surface area contributed by atoms with Crippen LogP contribution >= 0.6 is 0 Å². The normalized spacial score (nSPS) is 18.3. The molecule has 0 bridgehead atoms. The Morgan fingerprint density at radius 1 is 1.24 bits per heavy atom. The molecule has 0 atom stereocenters. The fourth-order valence-corrected chi connectivity index (χ4v) is 2.16. The number of ether oxygens (including phenoxy) is 1. The fourth-order valence-electron chi connectivity index (χ4n) is 2.16. The maximum atomic E-state index is 5.76. The Morgan fingerprint density at radius 3 is 2.47 bits per heavy atom. The van der Waals surface area contributed by atoms with Crippen LogP contribution in [0.4, 0.5) is 0 Å². The van der Waals surface area contributed by atoms with Gasteiger partial charge in [-0.3, -0.25) is 0 Å². The molecule has 0 radical (unpaired) electrons. The Kier molecular flexibility index (Phi) is 6.21. The second kappa shape index (κ2) is 7.17. The monoisotopic (exact) mass is 239 g/mol. The van der Waals surface area contributed by atoms with Crippen LogP contribution in [0.5, 0.6) is 0 Å². The number of nitrogens with one attached hydrogen (secondary N) is 1. The molecule has 1 rings (SSSR count). The van der Waals surface area contributed by atoms with Crippen LogP contribution in [0.15, 0.2) is 12.2 Å². The van der Waals surface area contributed by atoms with Crippen LogP contribution in [-0.2, 0) is 4.74 Å². The second-order valence-electron chi connectivity index (χ2n) is 6.37. The molecular formula is C15H29NO. The topological polar surface area (TPSA) is 21.3 Å². The summed E-state index contributed by atoms with van der Waals surface area (Å²) in [4.78, 5) is 0. The van der Waals surface area contributed by atoms with Crippen molar-refractivity contribution in [2.45, 2.75) is 58.4 Å². The van der Waals surface area contributed by atoms with Crippen molar-refractivity contribution >= 4 is 0 Å². The van der Waals surface area contributed by atoms with Crippen LogP contribution in [0.1, 0.15) is 52.9 Å². The summed E-state index contributed by atoms with van der Waals surface area (Å²) in [6.07, 6.45) is 6.90. The second-order valence-corrected chi connectivity index (χ2v) is 6.37. The molecule has 2 heteroatoms. The van der Waals surface area contributed by atoms with Gasteiger partial charge in [-0.2, -0.15) is 0 Å². The van der Waals surface area contributed by atoms with E-state index in [4.69, 9.17) is 4.74 Å². The van der Waals surface area contributed by atoms with E-state index < -0.39 is 0 Å². The van der Waals surface area contributed by atoms with Gasteiger partial charge in [-0.25, -0.2) is 0 Å². The highest BCUT2D eigenvalue weighted by atomic mass is 16.5. The zero-order valence-electron chi connectivity index (χ0n) is 11.8. The third kappa shape index (κ3) is 7.56. The molecule has 0 aromatic carbocycles. The number of hydrogen-bond acceptors (Lipinski definition) is 2. The first kappa shape index (κ1) is 14.7. The van der Waals surface area contributed by atoms with Crippen molar-refractivity contribution in [3.05, 3.63) is 12.2 Å². The summed E-state index contributed by atoms with van der Waals surface area (Å²) >= 11 is 0. The molecule has 2 nitrogen and oxygen atoms in total. The van der Waals surface area contributed by atoms with E-state index in [9.17, 15) is 0 Å². The van der Waals surface area contributed by atoms with Crippen LogP contribution in [0, 0.1) is 5.92 Å². The summed E-state index contributed by atoms with van der Waals surface area (Å²) in [5, 5.41) is 3.43. The SMILES string of the molecule is C=C(CNC(C)(C)C)COCC1CCCCC1. The average molecular weight is 239 g/mol. The zero-order chi connectivity index (χ0) is 12.7. The van der Waals surface area contributed by atoms with E-state index in [-0.39, 0.29) is 5.54 Å². The van der Waals surface area contributed by atoms with Crippen LogP contribution in [0.25, 0.3) is 0 Å². The third-order valence-corrected chi connectivity index (χ3v) is 3.25. The van der Waals surface area contributed by atoms with E-state index in [1.165, 1.54) is 32.1 Å². The summed E-state index contributed by atoms with van der Waals surface area (Å²) in [7, 11) is 0. The van der Waals surface area contributed by atoms with Crippen molar-refractivity contribution < 1.29 is 4.74 Å². The Balaban J connectivity index is 2.03. The van der Waals surface area contributed by atoms with Gasteiger partial charge in [0, 0.05) is 18.7 Å². The van der Waals surface area contributed by atoms with E-state index in [0.29, 0.717) is 6.61 Å². The highest BCUT2D eigenvalue weighted by Crippen LogP contribution is 2.23. The minimum absolute atomic E-state index is 0.159. The van der Waals surface area contributed by atoms with Crippen LogP contribution in [-0.4, -0.2) is 25.3 Å². The molecule has 1 aliphatic rings. The van der Waals surface area contributed by atoms with Gasteiger partial charge in [0.25, 0.3) is 0 Å². The molecular weight excluding hydrogens is 210 g/mol. The van der Waals surface area contributed by atoms with Gasteiger partial charge in [-0.05, 0) is 45.1 Å². The molecule has 0 aliphatic heterocycles. The minimum atomic E-state index is 0.159. The van der Waals surface area contributed by atoms with Crippen molar-refractivity contribution in [1.29, 1.82) is 0 Å². The Labute approximate surface area is 107 Å². The van der Waals surface area contributed by atoms with Gasteiger partial charge >= 0.3 is 0 Å². The Morgan fingerprint density at radius 2 is 1.88 bits per heavy atom. The smallest absolute Gasteiger partial charge is 0.0686 e. The lowest BCUT2D eigenvalue weighted by molar-refractivity contribution is 0.100. The van der Waals surface area contributed by atoms with Gasteiger partial charge in [-0.1, -0.05) is 25.8 Å². The lowest BCUT2D eigenvalue weighted by atomic mass is 9.90. The van der Waals surface area contributed by atoms with Gasteiger partial charge in [-0.15, -0.1) is 0 Å². The quantitative estimate of drug-likeness (QED) is 0.716. The maximum Gasteiger partial charge on any atom is 0.0686 e. The zero-order valence-corrected chi connectivity index (χ0v) is 11.8. The molecule has 0 amide bonds. The average Bonchev–Trinajstić information content (AvgIpc) is 2.27. The predicted molar refractivity (Wildman–Crippen MR) is 74.3 cm³/mol. The molecule has 0 spiro atoms. The molecule has 0 saturated heterocycles. The van der Waals surface area contributed by atoms with E-state index in [1.54, 1.807) is 0 Å². The molecule has 0 aromatic rings.